The van der Waals surface area contributed by atoms with Crippen LogP contribution in [0.25, 0.3) is 0 Å². The Bertz CT molecular complexity index is 598. The second-order valence-electron chi connectivity index (χ2n) is 6.33. The van der Waals surface area contributed by atoms with Crippen LogP contribution in [-0.4, -0.2) is 30.7 Å². The van der Waals surface area contributed by atoms with E-state index in [0.717, 1.165) is 51.2 Å². The Labute approximate surface area is 151 Å². The molecule has 0 saturated carbocycles. The van der Waals surface area contributed by atoms with Crippen molar-refractivity contribution in [2.24, 2.45) is 0 Å². The third kappa shape index (κ3) is 5.82. The maximum Gasteiger partial charge on any atom is 0.0599 e. The van der Waals surface area contributed by atoms with E-state index in [1.807, 2.05) is 12.1 Å². The van der Waals surface area contributed by atoms with Crippen molar-refractivity contribution < 1.29 is 4.74 Å². The lowest BCUT2D eigenvalue weighted by Crippen LogP contribution is -2.36. The van der Waals surface area contributed by atoms with Crippen molar-refractivity contribution in [3.63, 3.8) is 0 Å². The molecule has 2 aromatic carbocycles. The van der Waals surface area contributed by atoms with E-state index in [1.54, 1.807) is 0 Å². The first kappa shape index (κ1) is 18.8. The van der Waals surface area contributed by atoms with Crippen LogP contribution in [0.4, 0.5) is 5.69 Å². The van der Waals surface area contributed by atoms with Gasteiger partial charge in [-0.1, -0.05) is 42.5 Å². The Morgan fingerprint density at radius 3 is 2.38 bits per heavy atom. The summed E-state index contributed by atoms with van der Waals surface area (Å²) in [7, 11) is 0. The quantitative estimate of drug-likeness (QED) is 0.806. The number of hydrogen-bond donors (Lipinski definition) is 1. The summed E-state index contributed by atoms with van der Waals surface area (Å²) in [6, 6.07) is 18.8. The SMILES string of the molecule is Cl.Nc1cccc(CN2CCC(OCCc3ccccc3)CC2)c1. The van der Waals surface area contributed by atoms with E-state index < -0.39 is 0 Å². The first-order chi connectivity index (χ1) is 11.3. The fraction of sp³-hybridized carbons (Fsp3) is 0.400. The Morgan fingerprint density at radius 2 is 1.67 bits per heavy atom. The molecule has 3 rings (SSSR count). The van der Waals surface area contributed by atoms with Crippen molar-refractivity contribution in [2.75, 3.05) is 25.4 Å². The normalized spacial score (nSPS) is 15.8. The van der Waals surface area contributed by atoms with Crippen molar-refractivity contribution in [3.8, 4) is 0 Å². The number of hydrogen-bond acceptors (Lipinski definition) is 3. The summed E-state index contributed by atoms with van der Waals surface area (Å²) < 4.78 is 6.06. The zero-order chi connectivity index (χ0) is 15.9. The molecular weight excluding hydrogens is 320 g/mol. The molecule has 0 spiro atoms. The number of anilines is 1. The Balaban J connectivity index is 0.00000208. The number of piperidine rings is 1. The second-order valence-corrected chi connectivity index (χ2v) is 6.33. The van der Waals surface area contributed by atoms with Crippen LogP contribution in [0.1, 0.15) is 24.0 Å². The Kier molecular flexibility index (Phi) is 7.57. The number of nitrogen functional groups attached to an aromatic ring is 1. The Hall–Kier alpha value is -1.55. The minimum absolute atomic E-state index is 0. The van der Waals surface area contributed by atoms with Gasteiger partial charge in [0, 0.05) is 25.3 Å². The van der Waals surface area contributed by atoms with Crippen molar-refractivity contribution in [1.29, 1.82) is 0 Å². The van der Waals surface area contributed by atoms with Gasteiger partial charge in [0.25, 0.3) is 0 Å². The minimum Gasteiger partial charge on any atom is -0.399 e. The highest BCUT2D eigenvalue weighted by molar-refractivity contribution is 5.85. The van der Waals surface area contributed by atoms with Gasteiger partial charge in [-0.25, -0.2) is 0 Å². The van der Waals surface area contributed by atoms with E-state index in [1.165, 1.54) is 11.1 Å². The lowest BCUT2D eigenvalue weighted by atomic mass is 10.1. The molecule has 24 heavy (non-hydrogen) atoms. The first-order valence-electron chi connectivity index (χ1n) is 8.52. The summed E-state index contributed by atoms with van der Waals surface area (Å²) in [4.78, 5) is 2.49. The minimum atomic E-state index is 0. The highest BCUT2D eigenvalue weighted by atomic mass is 35.5. The van der Waals surface area contributed by atoms with Crippen molar-refractivity contribution in [2.45, 2.75) is 31.9 Å². The number of likely N-dealkylation sites (tertiary alicyclic amines) is 1. The monoisotopic (exact) mass is 346 g/mol. The van der Waals surface area contributed by atoms with Crippen LogP contribution in [0.5, 0.6) is 0 Å². The molecule has 1 saturated heterocycles. The molecule has 130 valence electrons. The van der Waals surface area contributed by atoms with E-state index in [4.69, 9.17) is 10.5 Å². The van der Waals surface area contributed by atoms with Gasteiger partial charge in [0.05, 0.1) is 12.7 Å². The standard InChI is InChI=1S/C20H26N2O.ClH/c21-19-8-4-7-18(15-19)16-22-12-9-20(10-13-22)23-14-11-17-5-2-1-3-6-17;/h1-8,15,20H,9-14,16,21H2;1H. The molecule has 0 aromatic heterocycles. The van der Waals surface area contributed by atoms with Gasteiger partial charge in [-0.2, -0.15) is 0 Å². The van der Waals surface area contributed by atoms with Gasteiger partial charge in [0.2, 0.25) is 0 Å². The lowest BCUT2D eigenvalue weighted by molar-refractivity contribution is 0.00740. The molecule has 0 aliphatic carbocycles. The lowest BCUT2D eigenvalue weighted by Gasteiger charge is -2.32. The molecule has 1 fully saturated rings. The summed E-state index contributed by atoms with van der Waals surface area (Å²) in [6.07, 6.45) is 3.66. The smallest absolute Gasteiger partial charge is 0.0599 e. The van der Waals surface area contributed by atoms with E-state index in [-0.39, 0.29) is 12.4 Å². The van der Waals surface area contributed by atoms with Crippen LogP contribution in [0, 0.1) is 0 Å². The molecule has 1 aliphatic rings. The molecule has 0 amide bonds. The molecule has 2 N–H and O–H groups in total. The van der Waals surface area contributed by atoms with Gasteiger partial charge >= 0.3 is 0 Å². The van der Waals surface area contributed by atoms with E-state index in [0.29, 0.717) is 6.10 Å². The van der Waals surface area contributed by atoms with Crippen molar-refractivity contribution in [3.05, 3.63) is 65.7 Å². The summed E-state index contributed by atoms with van der Waals surface area (Å²) >= 11 is 0. The number of halogens is 1. The zero-order valence-electron chi connectivity index (χ0n) is 14.1. The van der Waals surface area contributed by atoms with Crippen LogP contribution in [0.3, 0.4) is 0 Å². The first-order valence-corrected chi connectivity index (χ1v) is 8.52. The molecule has 4 heteroatoms. The van der Waals surface area contributed by atoms with Gasteiger partial charge in [0.15, 0.2) is 0 Å². The highest BCUT2D eigenvalue weighted by Gasteiger charge is 2.19. The van der Waals surface area contributed by atoms with Crippen molar-refractivity contribution in [1.82, 2.24) is 4.90 Å². The fourth-order valence-electron chi connectivity index (χ4n) is 3.17. The van der Waals surface area contributed by atoms with Crippen LogP contribution in [0.2, 0.25) is 0 Å². The molecule has 2 aromatic rings. The fourth-order valence-corrected chi connectivity index (χ4v) is 3.17. The van der Waals surface area contributed by atoms with Gasteiger partial charge in [0.1, 0.15) is 0 Å². The average Bonchev–Trinajstić information content (AvgIpc) is 2.58. The number of nitrogens with two attached hydrogens (primary N) is 1. The van der Waals surface area contributed by atoms with Crippen LogP contribution in [-0.2, 0) is 17.7 Å². The van der Waals surface area contributed by atoms with Gasteiger partial charge in [-0.05, 0) is 42.5 Å². The van der Waals surface area contributed by atoms with Gasteiger partial charge in [-0.3, -0.25) is 4.90 Å². The predicted molar refractivity (Wildman–Crippen MR) is 102 cm³/mol. The van der Waals surface area contributed by atoms with Crippen LogP contribution >= 0.6 is 12.4 Å². The molecule has 1 heterocycles. The molecule has 0 bridgehead atoms. The van der Waals surface area contributed by atoms with E-state index in [2.05, 4.69) is 47.4 Å². The number of nitrogens with zero attached hydrogens (tertiary/aromatic N) is 1. The third-order valence-corrected chi connectivity index (χ3v) is 4.48. The summed E-state index contributed by atoms with van der Waals surface area (Å²) in [5.41, 5.74) is 9.35. The van der Waals surface area contributed by atoms with E-state index in [9.17, 15) is 0 Å². The summed E-state index contributed by atoms with van der Waals surface area (Å²) in [5.74, 6) is 0. The van der Waals surface area contributed by atoms with Crippen LogP contribution < -0.4 is 5.73 Å². The summed E-state index contributed by atoms with van der Waals surface area (Å²) in [5, 5.41) is 0. The molecule has 0 unspecified atom stereocenters. The number of rotatable bonds is 6. The van der Waals surface area contributed by atoms with Crippen molar-refractivity contribution >= 4 is 18.1 Å². The highest BCUT2D eigenvalue weighted by Crippen LogP contribution is 2.17. The van der Waals surface area contributed by atoms with Gasteiger partial charge < -0.3 is 10.5 Å². The van der Waals surface area contributed by atoms with Crippen LogP contribution in [0.15, 0.2) is 54.6 Å². The zero-order valence-corrected chi connectivity index (χ0v) is 14.9. The van der Waals surface area contributed by atoms with E-state index >= 15 is 0 Å². The predicted octanol–water partition coefficient (Wildman–Crippen LogP) is 3.91. The third-order valence-electron chi connectivity index (χ3n) is 4.48. The maximum absolute atomic E-state index is 6.06. The molecule has 0 radical (unpaired) electrons. The molecule has 0 atom stereocenters. The Morgan fingerprint density at radius 1 is 0.958 bits per heavy atom. The number of benzene rings is 2. The molecular formula is C20H27ClN2O. The number of ether oxygens (including phenoxy) is 1. The largest absolute Gasteiger partial charge is 0.399 e. The molecule has 3 nitrogen and oxygen atoms in total. The van der Waals surface area contributed by atoms with Gasteiger partial charge in [-0.15, -0.1) is 12.4 Å². The second kappa shape index (κ2) is 9.67. The summed E-state index contributed by atoms with van der Waals surface area (Å²) in [6.45, 7) is 4.02. The topological polar surface area (TPSA) is 38.5 Å². The average molecular weight is 347 g/mol. The maximum atomic E-state index is 6.06. The molecule has 1 aliphatic heterocycles.